The number of aromatic nitrogens is 1. The number of nitrogens with zero attached hydrogens (tertiary/aromatic N) is 1. The Balaban J connectivity index is 1.83. The Morgan fingerprint density at radius 1 is 1.42 bits per heavy atom. The maximum atomic E-state index is 11.8. The van der Waals surface area contributed by atoms with Crippen molar-refractivity contribution in [3.05, 3.63) is 46.4 Å². The van der Waals surface area contributed by atoms with Crippen LogP contribution >= 0.6 is 11.3 Å². The molecular weight excluding hydrogens is 262 g/mol. The highest BCUT2D eigenvalue weighted by molar-refractivity contribution is 7.07. The molecule has 1 atom stereocenters. The van der Waals surface area contributed by atoms with Crippen LogP contribution in [0.25, 0.3) is 0 Å². The summed E-state index contributed by atoms with van der Waals surface area (Å²) in [5, 5.41) is 13.8. The van der Waals surface area contributed by atoms with Crippen LogP contribution in [-0.4, -0.2) is 22.0 Å². The summed E-state index contributed by atoms with van der Waals surface area (Å²) >= 11 is 1.49. The zero-order valence-corrected chi connectivity index (χ0v) is 11.1. The quantitative estimate of drug-likeness (QED) is 0.762. The van der Waals surface area contributed by atoms with E-state index >= 15 is 0 Å². The SMILES string of the molecule is NC(Cc1ccc(O)cc1)C(=O)NCc1cscn1. The van der Waals surface area contributed by atoms with Gasteiger partial charge in [-0.05, 0) is 24.1 Å². The first kappa shape index (κ1) is 13.5. The molecule has 19 heavy (non-hydrogen) atoms. The number of nitrogens with one attached hydrogen (secondary N) is 1. The second-order valence-electron chi connectivity index (χ2n) is 4.17. The van der Waals surface area contributed by atoms with E-state index in [0.29, 0.717) is 13.0 Å². The summed E-state index contributed by atoms with van der Waals surface area (Å²) < 4.78 is 0. The third-order valence-corrected chi connectivity index (χ3v) is 3.29. The van der Waals surface area contributed by atoms with E-state index in [9.17, 15) is 9.90 Å². The summed E-state index contributed by atoms with van der Waals surface area (Å²) in [6.07, 6.45) is 0.434. The molecule has 1 amide bonds. The first-order valence-electron chi connectivity index (χ1n) is 5.83. The fraction of sp³-hybridized carbons (Fsp3) is 0.231. The van der Waals surface area contributed by atoms with Crippen LogP contribution in [0.1, 0.15) is 11.3 Å². The van der Waals surface area contributed by atoms with E-state index in [1.54, 1.807) is 29.8 Å². The molecule has 4 N–H and O–H groups in total. The summed E-state index contributed by atoms with van der Waals surface area (Å²) in [5.41, 5.74) is 9.29. The van der Waals surface area contributed by atoms with E-state index in [2.05, 4.69) is 10.3 Å². The van der Waals surface area contributed by atoms with Crippen LogP contribution in [0.3, 0.4) is 0 Å². The molecule has 0 radical (unpaired) electrons. The van der Waals surface area contributed by atoms with E-state index in [4.69, 9.17) is 5.73 Å². The molecule has 0 aliphatic rings. The van der Waals surface area contributed by atoms with E-state index in [-0.39, 0.29) is 11.7 Å². The largest absolute Gasteiger partial charge is 0.508 e. The van der Waals surface area contributed by atoms with Crippen LogP contribution in [0.2, 0.25) is 0 Å². The molecule has 0 bridgehead atoms. The van der Waals surface area contributed by atoms with Crippen molar-refractivity contribution < 1.29 is 9.90 Å². The number of benzene rings is 1. The number of hydrogen-bond donors (Lipinski definition) is 3. The molecule has 0 saturated heterocycles. The Bertz CT molecular complexity index is 525. The summed E-state index contributed by atoms with van der Waals surface area (Å²) in [4.78, 5) is 15.9. The number of thiazole rings is 1. The third kappa shape index (κ3) is 4.04. The molecule has 1 aromatic heterocycles. The van der Waals surface area contributed by atoms with Gasteiger partial charge in [0.05, 0.1) is 23.8 Å². The third-order valence-electron chi connectivity index (χ3n) is 2.66. The molecule has 2 rings (SSSR count). The van der Waals surface area contributed by atoms with Gasteiger partial charge in [0.1, 0.15) is 5.75 Å². The molecule has 1 aromatic carbocycles. The van der Waals surface area contributed by atoms with Gasteiger partial charge >= 0.3 is 0 Å². The molecule has 0 aliphatic carbocycles. The number of carbonyl (C=O) groups excluding carboxylic acids is 1. The monoisotopic (exact) mass is 277 g/mol. The Kier molecular flexibility index (Phi) is 4.48. The number of hydrogen-bond acceptors (Lipinski definition) is 5. The number of phenols is 1. The van der Waals surface area contributed by atoms with E-state index in [1.165, 1.54) is 11.3 Å². The standard InChI is InChI=1S/C13H15N3O2S/c14-12(5-9-1-3-11(17)4-2-9)13(18)15-6-10-7-19-8-16-10/h1-4,7-8,12,17H,5-6,14H2,(H,15,18). The highest BCUT2D eigenvalue weighted by Gasteiger charge is 2.13. The van der Waals surface area contributed by atoms with Crippen LogP contribution in [0.4, 0.5) is 0 Å². The van der Waals surface area contributed by atoms with E-state index in [0.717, 1.165) is 11.3 Å². The highest BCUT2D eigenvalue weighted by atomic mass is 32.1. The first-order valence-corrected chi connectivity index (χ1v) is 6.77. The van der Waals surface area contributed by atoms with Gasteiger partial charge in [0.25, 0.3) is 0 Å². The van der Waals surface area contributed by atoms with Gasteiger partial charge in [0, 0.05) is 5.38 Å². The zero-order valence-electron chi connectivity index (χ0n) is 10.2. The van der Waals surface area contributed by atoms with Gasteiger partial charge in [-0.2, -0.15) is 0 Å². The minimum Gasteiger partial charge on any atom is -0.508 e. The number of phenolic OH excluding ortho intramolecular Hbond substituents is 1. The first-order chi connectivity index (χ1) is 9.15. The Morgan fingerprint density at radius 2 is 2.16 bits per heavy atom. The molecule has 100 valence electrons. The number of amides is 1. The van der Waals surface area contributed by atoms with Gasteiger partial charge in [-0.15, -0.1) is 11.3 Å². The van der Waals surface area contributed by atoms with Crippen LogP contribution < -0.4 is 11.1 Å². The molecule has 0 aliphatic heterocycles. The number of carbonyl (C=O) groups is 1. The van der Waals surface area contributed by atoms with Gasteiger partial charge in [-0.25, -0.2) is 4.98 Å². The summed E-state index contributed by atoms with van der Waals surface area (Å²) in [7, 11) is 0. The van der Waals surface area contributed by atoms with Crippen LogP contribution in [0, 0.1) is 0 Å². The Hall–Kier alpha value is -1.92. The van der Waals surface area contributed by atoms with Crippen molar-refractivity contribution in [1.82, 2.24) is 10.3 Å². The minimum absolute atomic E-state index is 0.199. The predicted molar refractivity (Wildman–Crippen MR) is 73.7 cm³/mol. The molecule has 0 fully saturated rings. The summed E-state index contributed by atoms with van der Waals surface area (Å²) in [6.45, 7) is 0.394. The second-order valence-corrected chi connectivity index (χ2v) is 4.89. The topological polar surface area (TPSA) is 88.2 Å². The lowest BCUT2D eigenvalue weighted by molar-refractivity contribution is -0.122. The minimum atomic E-state index is -0.608. The normalized spacial score (nSPS) is 12.1. The average Bonchev–Trinajstić information content (AvgIpc) is 2.91. The van der Waals surface area contributed by atoms with Crippen molar-refractivity contribution in [3.63, 3.8) is 0 Å². The molecule has 0 spiro atoms. The second kappa shape index (κ2) is 6.31. The van der Waals surface area contributed by atoms with Gasteiger partial charge in [0.2, 0.25) is 5.91 Å². The molecule has 5 nitrogen and oxygen atoms in total. The van der Waals surface area contributed by atoms with Gasteiger partial charge in [-0.3, -0.25) is 4.79 Å². The fourth-order valence-corrected chi connectivity index (χ4v) is 2.17. The van der Waals surface area contributed by atoms with Crippen molar-refractivity contribution >= 4 is 17.2 Å². The smallest absolute Gasteiger partial charge is 0.237 e. The zero-order chi connectivity index (χ0) is 13.7. The summed E-state index contributed by atoms with van der Waals surface area (Å²) in [5.74, 6) is -0.00798. The number of aromatic hydroxyl groups is 1. The fourth-order valence-electron chi connectivity index (χ4n) is 1.61. The van der Waals surface area contributed by atoms with Crippen molar-refractivity contribution in [3.8, 4) is 5.75 Å². The van der Waals surface area contributed by atoms with Crippen molar-refractivity contribution in [2.24, 2.45) is 5.73 Å². The van der Waals surface area contributed by atoms with Gasteiger partial charge in [-0.1, -0.05) is 12.1 Å². The van der Waals surface area contributed by atoms with Crippen LogP contribution in [-0.2, 0) is 17.8 Å². The average molecular weight is 277 g/mol. The van der Waals surface area contributed by atoms with Gasteiger partial charge in [0.15, 0.2) is 0 Å². The maximum Gasteiger partial charge on any atom is 0.237 e. The summed E-state index contributed by atoms with van der Waals surface area (Å²) in [6, 6.07) is 6.05. The lowest BCUT2D eigenvalue weighted by atomic mass is 10.1. The lowest BCUT2D eigenvalue weighted by Gasteiger charge is -2.11. The van der Waals surface area contributed by atoms with E-state index in [1.807, 2.05) is 5.38 Å². The Labute approximate surface area is 115 Å². The van der Waals surface area contributed by atoms with Gasteiger partial charge < -0.3 is 16.2 Å². The predicted octanol–water partition coefficient (Wildman–Crippen LogP) is 1.03. The van der Waals surface area contributed by atoms with Crippen molar-refractivity contribution in [2.75, 3.05) is 0 Å². The van der Waals surface area contributed by atoms with E-state index < -0.39 is 6.04 Å². The maximum absolute atomic E-state index is 11.8. The highest BCUT2D eigenvalue weighted by Crippen LogP contribution is 2.11. The van der Waals surface area contributed by atoms with Crippen molar-refractivity contribution in [2.45, 2.75) is 19.0 Å². The molecule has 0 saturated carbocycles. The van der Waals surface area contributed by atoms with Crippen LogP contribution in [0.5, 0.6) is 5.75 Å². The lowest BCUT2D eigenvalue weighted by Crippen LogP contribution is -2.41. The molecule has 1 unspecified atom stereocenters. The van der Waals surface area contributed by atoms with Crippen LogP contribution in [0.15, 0.2) is 35.2 Å². The number of rotatable bonds is 5. The van der Waals surface area contributed by atoms with Crippen molar-refractivity contribution in [1.29, 1.82) is 0 Å². The molecular formula is C13H15N3O2S. The molecule has 2 aromatic rings. The molecule has 6 heteroatoms. The number of nitrogens with two attached hydrogens (primary N) is 1. The Morgan fingerprint density at radius 3 is 2.79 bits per heavy atom. The molecule has 1 heterocycles.